The van der Waals surface area contributed by atoms with Gasteiger partial charge in [0.1, 0.15) is 11.5 Å². The second kappa shape index (κ2) is 8.68. The molecule has 0 unspecified atom stereocenters. The monoisotopic (exact) mass is 419 g/mol. The maximum absolute atomic E-state index is 12.3. The van der Waals surface area contributed by atoms with Gasteiger partial charge >= 0.3 is 6.36 Å². The molecule has 0 aliphatic heterocycles. The number of hydrogen-bond donors (Lipinski definition) is 1. The van der Waals surface area contributed by atoms with Crippen molar-refractivity contribution in [2.24, 2.45) is 0 Å². The topological polar surface area (TPSA) is 86.4 Å². The fourth-order valence-corrected chi connectivity index (χ4v) is 2.50. The van der Waals surface area contributed by atoms with E-state index in [0.29, 0.717) is 17.0 Å². The molecule has 30 heavy (non-hydrogen) atoms. The fraction of sp³-hybridized carbons (Fsp3) is 0.150. The van der Waals surface area contributed by atoms with E-state index in [9.17, 15) is 22.8 Å². The third-order valence-corrected chi connectivity index (χ3v) is 3.75. The number of anilines is 1. The lowest BCUT2D eigenvalue weighted by atomic mass is 10.2. The van der Waals surface area contributed by atoms with Crippen LogP contribution in [0, 0.1) is 0 Å². The van der Waals surface area contributed by atoms with Crippen molar-refractivity contribution in [2.45, 2.75) is 19.8 Å². The van der Waals surface area contributed by atoms with Gasteiger partial charge in [0.25, 0.3) is 0 Å². The number of Topliss-reactive ketones (excluding diaryl/α,β-unsaturated/α-hetero) is 1. The summed E-state index contributed by atoms with van der Waals surface area (Å²) in [5, 5.41) is 6.68. The molecule has 3 rings (SSSR count). The minimum atomic E-state index is -4.79. The van der Waals surface area contributed by atoms with E-state index in [1.807, 2.05) is 0 Å². The average molecular weight is 419 g/mol. The zero-order valence-corrected chi connectivity index (χ0v) is 15.6. The van der Waals surface area contributed by atoms with Crippen LogP contribution in [0.5, 0.6) is 5.75 Å². The van der Waals surface area contributed by atoms with Crippen LogP contribution in [-0.2, 0) is 11.3 Å². The van der Waals surface area contributed by atoms with Crippen LogP contribution >= 0.6 is 0 Å². The molecule has 0 radical (unpaired) electrons. The summed E-state index contributed by atoms with van der Waals surface area (Å²) in [4.78, 5) is 23.3. The highest BCUT2D eigenvalue weighted by Gasteiger charge is 2.31. The molecule has 0 fully saturated rings. The SMILES string of the molecule is CC(=O)c1ccc(Cn2cc(NC(=O)/C=C/c3cccc(OC(F)(F)F)c3)cn2)o1. The summed E-state index contributed by atoms with van der Waals surface area (Å²) in [5.74, 6) is -0.273. The van der Waals surface area contributed by atoms with Crippen molar-refractivity contribution in [2.75, 3.05) is 5.32 Å². The van der Waals surface area contributed by atoms with Crippen molar-refractivity contribution in [3.8, 4) is 5.75 Å². The lowest BCUT2D eigenvalue weighted by Gasteiger charge is -2.08. The highest BCUT2D eigenvalue weighted by atomic mass is 19.4. The quantitative estimate of drug-likeness (QED) is 0.456. The highest BCUT2D eigenvalue weighted by Crippen LogP contribution is 2.23. The molecule has 3 aromatic rings. The number of nitrogens with one attached hydrogen (secondary N) is 1. The Bertz CT molecular complexity index is 1080. The van der Waals surface area contributed by atoms with Crippen LogP contribution < -0.4 is 10.1 Å². The van der Waals surface area contributed by atoms with Crippen molar-refractivity contribution in [1.82, 2.24) is 9.78 Å². The van der Waals surface area contributed by atoms with Crippen molar-refractivity contribution in [3.05, 3.63) is 72.0 Å². The fourth-order valence-electron chi connectivity index (χ4n) is 2.50. The summed E-state index contributed by atoms with van der Waals surface area (Å²) in [6.45, 7) is 1.67. The van der Waals surface area contributed by atoms with Gasteiger partial charge in [-0.15, -0.1) is 13.2 Å². The van der Waals surface area contributed by atoms with Crippen LogP contribution in [0.2, 0.25) is 0 Å². The molecule has 0 spiro atoms. The number of alkyl halides is 3. The number of hydrogen-bond acceptors (Lipinski definition) is 5. The Hall–Kier alpha value is -3.82. The minimum absolute atomic E-state index is 0.183. The molecular formula is C20H16F3N3O4. The number of ketones is 1. The Morgan fingerprint density at radius 2 is 2.07 bits per heavy atom. The molecule has 0 atom stereocenters. The molecule has 1 amide bonds. The van der Waals surface area contributed by atoms with Crippen LogP contribution in [0.1, 0.15) is 28.8 Å². The van der Waals surface area contributed by atoms with E-state index in [1.54, 1.807) is 18.3 Å². The van der Waals surface area contributed by atoms with Gasteiger partial charge in [-0.05, 0) is 35.9 Å². The first-order valence-corrected chi connectivity index (χ1v) is 8.65. The molecule has 0 aliphatic carbocycles. The number of nitrogens with zero attached hydrogens (tertiary/aromatic N) is 2. The maximum Gasteiger partial charge on any atom is 0.573 e. The Labute approximate surface area is 168 Å². The number of amides is 1. The van der Waals surface area contributed by atoms with Crippen molar-refractivity contribution < 1.29 is 31.9 Å². The van der Waals surface area contributed by atoms with Crippen LogP contribution in [-0.4, -0.2) is 27.8 Å². The van der Waals surface area contributed by atoms with E-state index in [4.69, 9.17) is 4.42 Å². The van der Waals surface area contributed by atoms with E-state index >= 15 is 0 Å². The summed E-state index contributed by atoms with van der Waals surface area (Å²) >= 11 is 0. The van der Waals surface area contributed by atoms with Gasteiger partial charge in [0, 0.05) is 19.2 Å². The molecule has 1 aromatic carbocycles. The van der Waals surface area contributed by atoms with Crippen LogP contribution in [0.4, 0.5) is 18.9 Å². The molecule has 0 aliphatic rings. The molecule has 0 bridgehead atoms. The zero-order valence-electron chi connectivity index (χ0n) is 15.6. The van der Waals surface area contributed by atoms with Gasteiger partial charge in [0.05, 0.1) is 18.4 Å². The summed E-state index contributed by atoms with van der Waals surface area (Å²) < 4.78 is 47.5. The molecule has 7 nitrogen and oxygen atoms in total. The second-order valence-electron chi connectivity index (χ2n) is 6.19. The second-order valence-corrected chi connectivity index (χ2v) is 6.19. The molecular weight excluding hydrogens is 403 g/mol. The Balaban J connectivity index is 1.57. The first kappa shape index (κ1) is 20.9. The summed E-state index contributed by atoms with van der Waals surface area (Å²) in [7, 11) is 0. The van der Waals surface area contributed by atoms with Crippen LogP contribution in [0.3, 0.4) is 0 Å². The third kappa shape index (κ3) is 6.09. The molecule has 0 saturated carbocycles. The van der Waals surface area contributed by atoms with Crippen LogP contribution in [0.25, 0.3) is 6.08 Å². The summed E-state index contributed by atoms with van der Waals surface area (Å²) in [6.07, 6.45) is 0.742. The lowest BCUT2D eigenvalue weighted by Crippen LogP contribution is -2.17. The lowest BCUT2D eigenvalue weighted by molar-refractivity contribution is -0.274. The van der Waals surface area contributed by atoms with E-state index in [-0.39, 0.29) is 23.8 Å². The van der Waals surface area contributed by atoms with Gasteiger partial charge in [-0.25, -0.2) is 0 Å². The van der Waals surface area contributed by atoms with Gasteiger partial charge < -0.3 is 14.5 Å². The Morgan fingerprint density at radius 1 is 1.27 bits per heavy atom. The van der Waals surface area contributed by atoms with Gasteiger partial charge in [-0.2, -0.15) is 5.10 Å². The largest absolute Gasteiger partial charge is 0.573 e. The van der Waals surface area contributed by atoms with Gasteiger partial charge in [0.15, 0.2) is 11.5 Å². The van der Waals surface area contributed by atoms with E-state index in [1.165, 1.54) is 42.1 Å². The van der Waals surface area contributed by atoms with Gasteiger partial charge in [-0.3, -0.25) is 14.3 Å². The van der Waals surface area contributed by atoms with Crippen molar-refractivity contribution in [3.63, 3.8) is 0 Å². The molecule has 156 valence electrons. The first-order valence-electron chi connectivity index (χ1n) is 8.65. The van der Waals surface area contributed by atoms with E-state index in [0.717, 1.165) is 12.1 Å². The Kier molecular flexibility index (Phi) is 6.05. The summed E-state index contributed by atoms with van der Waals surface area (Å²) in [5.41, 5.74) is 0.777. The number of benzene rings is 1. The number of carbonyl (C=O) groups excluding carboxylic acids is 2. The smallest absolute Gasteiger partial charge is 0.456 e. The number of carbonyl (C=O) groups is 2. The number of ether oxygens (including phenoxy) is 1. The number of aromatic nitrogens is 2. The standard InChI is InChI=1S/C20H16F3N3O4/c1-13(27)18-7-6-17(29-18)12-26-11-15(10-24-26)25-19(28)8-5-14-3-2-4-16(9-14)30-20(21,22)23/h2-11H,12H2,1H3,(H,25,28)/b8-5+. The predicted octanol–water partition coefficient (Wildman–Crippen LogP) is 4.28. The third-order valence-electron chi connectivity index (χ3n) is 3.75. The van der Waals surface area contributed by atoms with Crippen molar-refractivity contribution in [1.29, 1.82) is 0 Å². The van der Waals surface area contributed by atoms with Crippen molar-refractivity contribution >= 4 is 23.5 Å². The molecule has 0 saturated heterocycles. The number of halogens is 3. The molecule has 2 aromatic heterocycles. The van der Waals surface area contributed by atoms with Gasteiger partial charge in [0.2, 0.25) is 5.91 Å². The number of rotatable bonds is 7. The minimum Gasteiger partial charge on any atom is -0.456 e. The average Bonchev–Trinajstić information content (AvgIpc) is 3.29. The van der Waals surface area contributed by atoms with Gasteiger partial charge in [-0.1, -0.05) is 12.1 Å². The van der Waals surface area contributed by atoms with Crippen LogP contribution in [0.15, 0.2) is 59.3 Å². The Morgan fingerprint density at radius 3 is 2.77 bits per heavy atom. The first-order chi connectivity index (χ1) is 14.2. The molecule has 2 heterocycles. The summed E-state index contributed by atoms with van der Waals surface area (Å²) in [6, 6.07) is 8.48. The normalized spacial score (nSPS) is 11.6. The van der Waals surface area contributed by atoms with E-state index < -0.39 is 12.3 Å². The zero-order chi connectivity index (χ0) is 21.7. The number of furan rings is 1. The maximum atomic E-state index is 12.3. The highest BCUT2D eigenvalue weighted by molar-refractivity contribution is 6.01. The molecule has 10 heteroatoms. The molecule has 1 N–H and O–H groups in total. The predicted molar refractivity (Wildman–Crippen MR) is 101 cm³/mol. The van der Waals surface area contributed by atoms with E-state index in [2.05, 4.69) is 15.2 Å².